The summed E-state index contributed by atoms with van der Waals surface area (Å²) in [6, 6.07) is 17.9. The molecule has 0 spiro atoms. The minimum absolute atomic E-state index is 0.511. The average Bonchev–Trinajstić information content (AvgIpc) is 3.00. The fourth-order valence-corrected chi connectivity index (χ4v) is 2.51. The third-order valence-corrected chi connectivity index (χ3v) is 3.60. The van der Waals surface area contributed by atoms with Gasteiger partial charge in [-0.3, -0.25) is 0 Å². The lowest BCUT2D eigenvalue weighted by Crippen LogP contribution is -2.08. The van der Waals surface area contributed by atoms with Gasteiger partial charge in [-0.15, -0.1) is 0 Å². The molecule has 0 amide bonds. The molecule has 4 nitrogen and oxygen atoms in total. The van der Waals surface area contributed by atoms with Gasteiger partial charge in [0.15, 0.2) is 0 Å². The van der Waals surface area contributed by atoms with E-state index < -0.39 is 5.97 Å². The lowest BCUT2D eigenvalue weighted by atomic mass is 10.1. The van der Waals surface area contributed by atoms with E-state index in [4.69, 9.17) is 9.84 Å². The normalized spacial score (nSPS) is 11.1. The van der Waals surface area contributed by atoms with Crippen LogP contribution in [0.15, 0.2) is 66.9 Å². The van der Waals surface area contributed by atoms with Crippen molar-refractivity contribution in [2.45, 2.75) is 6.54 Å². The predicted molar refractivity (Wildman–Crippen MR) is 90.5 cm³/mol. The molecule has 0 aliphatic heterocycles. The summed E-state index contributed by atoms with van der Waals surface area (Å²) >= 11 is 0. The number of aromatic nitrogens is 1. The lowest BCUT2D eigenvalue weighted by molar-refractivity contribution is -0.131. The van der Waals surface area contributed by atoms with E-state index in [0.717, 1.165) is 28.3 Å². The van der Waals surface area contributed by atoms with Gasteiger partial charge < -0.3 is 14.4 Å². The number of hydrogen-bond donors (Lipinski definition) is 1. The molecule has 0 aliphatic carbocycles. The van der Waals surface area contributed by atoms with Gasteiger partial charge in [0.25, 0.3) is 0 Å². The standard InChI is InChI=1S/C19H17NO3/c21-19(22)11-10-16-7-4-12-20(16)13-14-23-18-9-3-6-15-5-1-2-8-17(15)18/h1-12H,13-14H2,(H,21,22)/b11-10+. The third kappa shape index (κ3) is 3.61. The number of ether oxygens (including phenoxy) is 1. The van der Waals surface area contributed by atoms with Gasteiger partial charge in [-0.1, -0.05) is 36.4 Å². The van der Waals surface area contributed by atoms with Crippen LogP contribution in [-0.2, 0) is 11.3 Å². The first-order chi connectivity index (χ1) is 11.2. The summed E-state index contributed by atoms with van der Waals surface area (Å²) in [4.78, 5) is 10.6. The van der Waals surface area contributed by atoms with Crippen LogP contribution in [0.2, 0.25) is 0 Å². The topological polar surface area (TPSA) is 51.5 Å². The van der Waals surface area contributed by atoms with Crippen LogP contribution in [0.5, 0.6) is 5.75 Å². The van der Waals surface area contributed by atoms with E-state index in [1.165, 1.54) is 0 Å². The van der Waals surface area contributed by atoms with E-state index in [-0.39, 0.29) is 0 Å². The summed E-state index contributed by atoms with van der Waals surface area (Å²) in [5.74, 6) is -0.0948. The second-order valence-corrected chi connectivity index (χ2v) is 5.12. The zero-order chi connectivity index (χ0) is 16.1. The molecule has 0 radical (unpaired) electrons. The first-order valence-electron chi connectivity index (χ1n) is 7.41. The maximum atomic E-state index is 10.6. The Kier molecular flexibility index (Phi) is 4.43. The quantitative estimate of drug-likeness (QED) is 0.704. The van der Waals surface area contributed by atoms with Crippen LogP contribution in [0.3, 0.4) is 0 Å². The Balaban J connectivity index is 1.68. The number of fused-ring (bicyclic) bond motifs is 1. The minimum atomic E-state index is -0.954. The Morgan fingerprint density at radius 3 is 2.78 bits per heavy atom. The van der Waals surface area contributed by atoms with Gasteiger partial charge in [0.1, 0.15) is 12.4 Å². The molecule has 4 heteroatoms. The second kappa shape index (κ2) is 6.83. The van der Waals surface area contributed by atoms with Gasteiger partial charge in [-0.05, 0) is 29.7 Å². The Bertz CT molecular complexity index is 843. The second-order valence-electron chi connectivity index (χ2n) is 5.12. The molecule has 23 heavy (non-hydrogen) atoms. The van der Waals surface area contributed by atoms with Crippen molar-refractivity contribution in [3.8, 4) is 5.75 Å². The molecule has 2 aromatic carbocycles. The van der Waals surface area contributed by atoms with Crippen molar-refractivity contribution in [2.24, 2.45) is 0 Å². The van der Waals surface area contributed by atoms with E-state index in [1.54, 1.807) is 6.08 Å². The zero-order valence-corrected chi connectivity index (χ0v) is 12.6. The Labute approximate surface area is 134 Å². The zero-order valence-electron chi connectivity index (χ0n) is 12.6. The molecule has 0 bridgehead atoms. The SMILES string of the molecule is O=C(O)/C=C/c1cccn1CCOc1cccc2ccccc12. The van der Waals surface area contributed by atoms with Crippen LogP contribution in [0, 0.1) is 0 Å². The van der Waals surface area contributed by atoms with E-state index in [1.807, 2.05) is 53.2 Å². The van der Waals surface area contributed by atoms with Crippen molar-refractivity contribution in [1.29, 1.82) is 0 Å². The van der Waals surface area contributed by atoms with Gasteiger partial charge in [0.2, 0.25) is 0 Å². The van der Waals surface area contributed by atoms with Gasteiger partial charge in [-0.25, -0.2) is 4.79 Å². The number of carbonyl (C=O) groups is 1. The van der Waals surface area contributed by atoms with Crippen LogP contribution in [0.25, 0.3) is 16.8 Å². The van der Waals surface area contributed by atoms with Gasteiger partial charge in [0, 0.05) is 23.4 Å². The summed E-state index contributed by atoms with van der Waals surface area (Å²) < 4.78 is 7.87. The van der Waals surface area contributed by atoms with E-state index in [2.05, 4.69) is 12.1 Å². The molecule has 1 heterocycles. The molecule has 0 saturated heterocycles. The maximum Gasteiger partial charge on any atom is 0.328 e. The Morgan fingerprint density at radius 1 is 1.09 bits per heavy atom. The number of nitrogens with zero attached hydrogens (tertiary/aromatic N) is 1. The summed E-state index contributed by atoms with van der Waals surface area (Å²) in [6.07, 6.45) is 4.63. The number of aliphatic carboxylic acids is 1. The van der Waals surface area contributed by atoms with E-state index in [0.29, 0.717) is 13.2 Å². The summed E-state index contributed by atoms with van der Waals surface area (Å²) in [6.45, 7) is 1.16. The molecule has 116 valence electrons. The first kappa shape index (κ1) is 14.9. The molecule has 0 atom stereocenters. The van der Waals surface area contributed by atoms with Gasteiger partial charge >= 0.3 is 5.97 Å². The third-order valence-electron chi connectivity index (χ3n) is 3.60. The van der Waals surface area contributed by atoms with Crippen LogP contribution >= 0.6 is 0 Å². The van der Waals surface area contributed by atoms with Crippen LogP contribution in [0.4, 0.5) is 0 Å². The first-order valence-corrected chi connectivity index (χ1v) is 7.41. The smallest absolute Gasteiger partial charge is 0.328 e. The summed E-state index contributed by atoms with van der Waals surface area (Å²) in [5, 5.41) is 10.9. The van der Waals surface area contributed by atoms with E-state index >= 15 is 0 Å². The van der Waals surface area contributed by atoms with Crippen molar-refractivity contribution in [1.82, 2.24) is 4.57 Å². The fourth-order valence-electron chi connectivity index (χ4n) is 2.51. The van der Waals surface area contributed by atoms with Gasteiger partial charge in [-0.2, -0.15) is 0 Å². The highest BCUT2D eigenvalue weighted by molar-refractivity contribution is 5.88. The molecule has 3 aromatic rings. The number of benzene rings is 2. The Hall–Kier alpha value is -3.01. The number of carboxylic acid groups (broad SMARTS) is 1. The fraction of sp³-hybridized carbons (Fsp3) is 0.105. The van der Waals surface area contributed by atoms with Crippen molar-refractivity contribution >= 4 is 22.8 Å². The number of hydrogen-bond acceptors (Lipinski definition) is 2. The van der Waals surface area contributed by atoms with Crippen molar-refractivity contribution in [3.05, 3.63) is 72.6 Å². The summed E-state index contributed by atoms with van der Waals surface area (Å²) in [5.41, 5.74) is 0.842. The highest BCUT2D eigenvalue weighted by Crippen LogP contribution is 2.25. The molecule has 3 rings (SSSR count). The molecule has 0 fully saturated rings. The van der Waals surface area contributed by atoms with E-state index in [9.17, 15) is 4.79 Å². The van der Waals surface area contributed by atoms with Gasteiger partial charge in [0.05, 0.1) is 6.54 Å². The molecule has 1 N–H and O–H groups in total. The van der Waals surface area contributed by atoms with Crippen molar-refractivity contribution < 1.29 is 14.6 Å². The molecule has 0 aliphatic rings. The minimum Gasteiger partial charge on any atom is -0.491 e. The molecule has 1 aromatic heterocycles. The highest BCUT2D eigenvalue weighted by atomic mass is 16.5. The van der Waals surface area contributed by atoms with Crippen LogP contribution in [-0.4, -0.2) is 22.2 Å². The highest BCUT2D eigenvalue weighted by Gasteiger charge is 2.02. The van der Waals surface area contributed by atoms with Crippen molar-refractivity contribution in [3.63, 3.8) is 0 Å². The largest absolute Gasteiger partial charge is 0.491 e. The maximum absolute atomic E-state index is 10.6. The molecule has 0 unspecified atom stereocenters. The molecular formula is C19H17NO3. The van der Waals surface area contributed by atoms with Crippen LogP contribution < -0.4 is 4.74 Å². The Morgan fingerprint density at radius 2 is 1.91 bits per heavy atom. The van der Waals surface area contributed by atoms with Crippen LogP contribution in [0.1, 0.15) is 5.69 Å². The van der Waals surface area contributed by atoms with Crippen molar-refractivity contribution in [2.75, 3.05) is 6.61 Å². The molecule has 0 saturated carbocycles. The molecular weight excluding hydrogens is 290 g/mol. The number of rotatable bonds is 6. The summed E-state index contributed by atoms with van der Waals surface area (Å²) in [7, 11) is 0. The lowest BCUT2D eigenvalue weighted by Gasteiger charge is -2.11. The monoisotopic (exact) mass is 307 g/mol. The average molecular weight is 307 g/mol. The number of carboxylic acids is 1. The predicted octanol–water partition coefficient (Wildman–Crippen LogP) is 3.82.